The van der Waals surface area contributed by atoms with Crippen molar-refractivity contribution in [1.29, 1.82) is 0 Å². The van der Waals surface area contributed by atoms with Gasteiger partial charge in [-0.05, 0) is 36.6 Å². The molecule has 1 fully saturated rings. The Morgan fingerprint density at radius 2 is 2.12 bits per heavy atom. The average molecular weight is 292 g/mol. The molecule has 0 aliphatic carbocycles. The lowest BCUT2D eigenvalue weighted by Gasteiger charge is -2.32. The van der Waals surface area contributed by atoms with E-state index in [9.17, 15) is 0 Å². The molecule has 0 aromatic rings. The minimum atomic E-state index is 0.347. The fourth-order valence-electron chi connectivity index (χ4n) is 2.36. The van der Waals surface area contributed by atoms with Gasteiger partial charge in [-0.25, -0.2) is 0 Å². The van der Waals surface area contributed by atoms with Crippen molar-refractivity contribution >= 4 is 15.9 Å². The Morgan fingerprint density at radius 3 is 2.62 bits per heavy atom. The monoisotopic (exact) mass is 291 g/mol. The number of aliphatic hydroxyl groups excluding tert-OH is 1. The molecule has 0 saturated carbocycles. The first-order valence-corrected chi connectivity index (χ1v) is 7.48. The van der Waals surface area contributed by atoms with Gasteiger partial charge < -0.3 is 10.0 Å². The Bertz CT molecular complexity index is 203. The number of nitrogens with zero attached hydrogens (tertiary/aromatic N) is 1. The molecule has 2 atom stereocenters. The molecule has 1 rings (SSSR count). The predicted molar refractivity (Wildman–Crippen MR) is 73.0 cm³/mol. The lowest BCUT2D eigenvalue weighted by atomic mass is 9.82. The number of aliphatic hydroxyl groups is 1. The molecule has 0 amide bonds. The number of halogens is 1. The molecular formula is C13H26BrNO. The van der Waals surface area contributed by atoms with Gasteiger partial charge in [-0.15, -0.1) is 0 Å². The molecule has 96 valence electrons. The highest BCUT2D eigenvalue weighted by Crippen LogP contribution is 2.30. The summed E-state index contributed by atoms with van der Waals surface area (Å²) in [7, 11) is 0. The van der Waals surface area contributed by atoms with Crippen molar-refractivity contribution in [3.8, 4) is 0 Å². The van der Waals surface area contributed by atoms with Crippen LogP contribution >= 0.6 is 15.9 Å². The Kier molecular flexibility index (Phi) is 5.75. The Balaban J connectivity index is 2.37. The van der Waals surface area contributed by atoms with Gasteiger partial charge in [-0.2, -0.15) is 0 Å². The number of hydrogen-bond donors (Lipinski definition) is 1. The summed E-state index contributed by atoms with van der Waals surface area (Å²) in [6.45, 7) is 10.9. The third-order valence-electron chi connectivity index (χ3n) is 3.80. The number of hydrogen-bond acceptors (Lipinski definition) is 2. The summed E-state index contributed by atoms with van der Waals surface area (Å²) in [5.74, 6) is 1.43. The minimum absolute atomic E-state index is 0.347. The second-order valence-electron chi connectivity index (χ2n) is 6.14. The number of rotatable bonds is 5. The van der Waals surface area contributed by atoms with Crippen LogP contribution in [-0.2, 0) is 0 Å². The maximum absolute atomic E-state index is 8.94. The van der Waals surface area contributed by atoms with E-state index in [-0.39, 0.29) is 0 Å². The van der Waals surface area contributed by atoms with Gasteiger partial charge >= 0.3 is 0 Å². The highest BCUT2D eigenvalue weighted by molar-refractivity contribution is 9.09. The fourth-order valence-corrected chi connectivity index (χ4v) is 3.54. The van der Waals surface area contributed by atoms with Crippen LogP contribution in [0.25, 0.3) is 0 Å². The molecule has 2 unspecified atom stereocenters. The molecule has 0 aromatic heterocycles. The van der Waals surface area contributed by atoms with Crippen LogP contribution in [0.5, 0.6) is 0 Å². The van der Waals surface area contributed by atoms with Gasteiger partial charge in [-0.1, -0.05) is 36.7 Å². The molecular weight excluding hydrogens is 266 g/mol. The Labute approximate surface area is 109 Å². The molecule has 16 heavy (non-hydrogen) atoms. The average Bonchev–Trinajstić information content (AvgIpc) is 2.61. The SMILES string of the molecule is CC(C)(C)C(CBr)CN1CCC(CCO)C1. The molecule has 0 radical (unpaired) electrons. The Morgan fingerprint density at radius 1 is 1.44 bits per heavy atom. The van der Waals surface area contributed by atoms with Crippen molar-refractivity contribution in [3.05, 3.63) is 0 Å². The normalized spacial score (nSPS) is 24.9. The summed E-state index contributed by atoms with van der Waals surface area (Å²) in [6.07, 6.45) is 2.24. The maximum atomic E-state index is 8.94. The van der Waals surface area contributed by atoms with E-state index < -0.39 is 0 Å². The third kappa shape index (κ3) is 4.34. The highest BCUT2D eigenvalue weighted by Gasteiger charge is 2.29. The summed E-state index contributed by atoms with van der Waals surface area (Å²) in [5, 5.41) is 10.0. The molecule has 3 heteroatoms. The molecule has 2 nitrogen and oxygen atoms in total. The van der Waals surface area contributed by atoms with E-state index in [0.717, 1.165) is 17.7 Å². The first-order valence-electron chi connectivity index (χ1n) is 6.36. The molecule has 1 heterocycles. The van der Waals surface area contributed by atoms with Crippen LogP contribution in [0.3, 0.4) is 0 Å². The molecule has 0 spiro atoms. The first-order chi connectivity index (χ1) is 7.47. The molecule has 1 aliphatic rings. The van der Waals surface area contributed by atoms with Crippen LogP contribution < -0.4 is 0 Å². The van der Waals surface area contributed by atoms with Gasteiger partial charge in [-0.3, -0.25) is 0 Å². The lowest BCUT2D eigenvalue weighted by molar-refractivity contribution is 0.180. The van der Waals surface area contributed by atoms with E-state index in [2.05, 4.69) is 41.6 Å². The zero-order chi connectivity index (χ0) is 12.2. The van der Waals surface area contributed by atoms with E-state index in [1.54, 1.807) is 0 Å². The molecule has 0 aromatic carbocycles. The van der Waals surface area contributed by atoms with Gasteiger partial charge in [0.2, 0.25) is 0 Å². The zero-order valence-electron chi connectivity index (χ0n) is 10.9. The van der Waals surface area contributed by atoms with Crippen molar-refractivity contribution in [2.75, 3.05) is 31.6 Å². The van der Waals surface area contributed by atoms with Crippen LogP contribution in [0.15, 0.2) is 0 Å². The van der Waals surface area contributed by atoms with E-state index in [1.807, 2.05) is 0 Å². The third-order valence-corrected chi connectivity index (χ3v) is 4.58. The molecule has 1 aliphatic heterocycles. The van der Waals surface area contributed by atoms with Crippen LogP contribution in [0, 0.1) is 17.3 Å². The van der Waals surface area contributed by atoms with Crippen LogP contribution in [0.4, 0.5) is 0 Å². The molecule has 1 N–H and O–H groups in total. The second-order valence-corrected chi connectivity index (χ2v) is 6.79. The van der Waals surface area contributed by atoms with E-state index >= 15 is 0 Å². The van der Waals surface area contributed by atoms with Crippen molar-refractivity contribution in [2.45, 2.75) is 33.6 Å². The summed E-state index contributed by atoms with van der Waals surface area (Å²) in [6, 6.07) is 0. The molecule has 1 saturated heterocycles. The van der Waals surface area contributed by atoms with Crippen LogP contribution in [-0.4, -0.2) is 41.6 Å². The number of likely N-dealkylation sites (tertiary alicyclic amines) is 1. The minimum Gasteiger partial charge on any atom is -0.396 e. The first kappa shape index (κ1) is 14.5. The van der Waals surface area contributed by atoms with Gasteiger partial charge in [0.05, 0.1) is 0 Å². The Hall–Kier alpha value is 0.400. The molecule has 0 bridgehead atoms. The van der Waals surface area contributed by atoms with Crippen molar-refractivity contribution in [2.24, 2.45) is 17.3 Å². The summed E-state index contributed by atoms with van der Waals surface area (Å²) in [4.78, 5) is 2.57. The number of alkyl halides is 1. The maximum Gasteiger partial charge on any atom is 0.0434 e. The van der Waals surface area contributed by atoms with E-state index in [1.165, 1.54) is 26.1 Å². The van der Waals surface area contributed by atoms with Gasteiger partial charge in [0, 0.05) is 25.0 Å². The highest BCUT2D eigenvalue weighted by atomic mass is 79.9. The topological polar surface area (TPSA) is 23.5 Å². The predicted octanol–water partition coefficient (Wildman–Crippen LogP) is 2.75. The van der Waals surface area contributed by atoms with Gasteiger partial charge in [0.15, 0.2) is 0 Å². The standard InChI is InChI=1S/C13H26BrNO/c1-13(2,3)12(8-14)10-15-6-4-11(9-15)5-7-16/h11-12,16H,4-10H2,1-3H3. The van der Waals surface area contributed by atoms with Crippen molar-refractivity contribution in [1.82, 2.24) is 4.90 Å². The zero-order valence-corrected chi connectivity index (χ0v) is 12.5. The fraction of sp³-hybridized carbons (Fsp3) is 1.00. The van der Waals surface area contributed by atoms with Gasteiger partial charge in [0.25, 0.3) is 0 Å². The lowest BCUT2D eigenvalue weighted by Crippen LogP contribution is -2.35. The van der Waals surface area contributed by atoms with Gasteiger partial charge in [0.1, 0.15) is 0 Å². The summed E-state index contributed by atoms with van der Waals surface area (Å²) >= 11 is 3.64. The second kappa shape index (κ2) is 6.36. The van der Waals surface area contributed by atoms with Crippen LogP contribution in [0.2, 0.25) is 0 Å². The summed E-state index contributed by atoms with van der Waals surface area (Å²) in [5.41, 5.74) is 0.374. The van der Waals surface area contributed by atoms with Crippen LogP contribution in [0.1, 0.15) is 33.6 Å². The van der Waals surface area contributed by atoms with Crippen molar-refractivity contribution < 1.29 is 5.11 Å². The van der Waals surface area contributed by atoms with E-state index in [4.69, 9.17) is 5.11 Å². The largest absolute Gasteiger partial charge is 0.396 e. The van der Waals surface area contributed by atoms with E-state index in [0.29, 0.717) is 17.9 Å². The smallest absolute Gasteiger partial charge is 0.0434 e. The summed E-state index contributed by atoms with van der Waals surface area (Å²) < 4.78 is 0. The quantitative estimate of drug-likeness (QED) is 0.788. The van der Waals surface area contributed by atoms with Crippen molar-refractivity contribution in [3.63, 3.8) is 0 Å².